The molecular weight excluding hydrogens is 436 g/mol. The summed E-state index contributed by atoms with van der Waals surface area (Å²) in [5.74, 6) is 0. The van der Waals surface area contributed by atoms with E-state index in [4.69, 9.17) is 0 Å². The lowest BCUT2D eigenvalue weighted by molar-refractivity contribution is 0.469. The second-order valence-electron chi connectivity index (χ2n) is 8.65. The molecular formula is C30H27NP2. The number of benzene rings is 4. The van der Waals surface area contributed by atoms with Gasteiger partial charge in [0.25, 0.3) is 0 Å². The minimum atomic E-state index is -0.576. The van der Waals surface area contributed by atoms with E-state index in [2.05, 4.69) is 138 Å². The molecule has 0 aromatic heterocycles. The first-order chi connectivity index (χ1) is 16.4. The standard InChI is InChI=1S/C30H27NP2/c1-5-13-25(14-6-1)32(26-15-7-2-8-16-26)30-23-24-21-22-29(30)31(24)33(27-17-9-3-10-18-27)28-19-11-4-12-20-28/h1-22,24,29-30H,23H2/t24-,29+,30-/m1/s1. The molecule has 2 heterocycles. The highest BCUT2D eigenvalue weighted by atomic mass is 31.1. The molecule has 0 radical (unpaired) electrons. The van der Waals surface area contributed by atoms with Crippen LogP contribution in [0.15, 0.2) is 133 Å². The van der Waals surface area contributed by atoms with Crippen molar-refractivity contribution in [2.75, 3.05) is 0 Å². The number of hydrogen-bond acceptors (Lipinski definition) is 1. The fourth-order valence-corrected chi connectivity index (χ4v) is 11.2. The predicted octanol–water partition coefficient (Wildman–Crippen LogP) is 5.55. The summed E-state index contributed by atoms with van der Waals surface area (Å²) in [5.41, 5.74) is 0.622. The summed E-state index contributed by atoms with van der Waals surface area (Å²) >= 11 is 0. The highest BCUT2D eigenvalue weighted by molar-refractivity contribution is 7.74. The summed E-state index contributed by atoms with van der Waals surface area (Å²) in [7, 11) is -1.01. The molecule has 162 valence electrons. The van der Waals surface area contributed by atoms with Gasteiger partial charge in [-0.05, 0) is 35.6 Å². The average molecular weight is 464 g/mol. The largest absolute Gasteiger partial charge is 0.261 e. The van der Waals surface area contributed by atoms with E-state index in [0.29, 0.717) is 17.7 Å². The lowest BCUT2D eigenvalue weighted by Crippen LogP contribution is -2.36. The molecule has 1 nitrogen and oxygen atoms in total. The third kappa shape index (κ3) is 4.00. The SMILES string of the molecule is C1=C[C@H]2[C@H](P(c3ccccc3)c3ccccc3)C[C@@H]1N2P(c1ccccc1)c1ccccc1. The molecule has 0 saturated carbocycles. The van der Waals surface area contributed by atoms with E-state index in [0.717, 1.165) is 0 Å². The van der Waals surface area contributed by atoms with Crippen molar-refractivity contribution in [2.45, 2.75) is 24.2 Å². The van der Waals surface area contributed by atoms with Crippen molar-refractivity contribution in [3.8, 4) is 0 Å². The van der Waals surface area contributed by atoms with E-state index < -0.39 is 16.0 Å². The zero-order chi connectivity index (χ0) is 22.0. The Balaban J connectivity index is 1.42. The molecule has 1 fully saturated rings. The third-order valence-electron chi connectivity index (χ3n) is 6.69. The Morgan fingerprint density at radius 3 is 1.39 bits per heavy atom. The van der Waals surface area contributed by atoms with Gasteiger partial charge in [0.1, 0.15) is 0 Å². The number of rotatable bonds is 6. The van der Waals surface area contributed by atoms with E-state index >= 15 is 0 Å². The lowest BCUT2D eigenvalue weighted by Gasteiger charge is -2.35. The van der Waals surface area contributed by atoms with Gasteiger partial charge in [0.2, 0.25) is 0 Å². The summed E-state index contributed by atoms with van der Waals surface area (Å²) in [6, 6.07) is 45.7. The Kier molecular flexibility index (Phi) is 5.96. The second-order valence-corrected chi connectivity index (χ2v) is 13.2. The Labute approximate surface area is 199 Å². The molecule has 4 aromatic carbocycles. The van der Waals surface area contributed by atoms with Gasteiger partial charge in [-0.15, -0.1) is 0 Å². The maximum Gasteiger partial charge on any atom is 0.0402 e. The minimum Gasteiger partial charge on any atom is -0.261 e. The zero-order valence-corrected chi connectivity index (χ0v) is 20.3. The molecule has 4 aromatic rings. The highest BCUT2D eigenvalue weighted by Crippen LogP contribution is 2.57. The summed E-state index contributed by atoms with van der Waals surface area (Å²) in [6.07, 6.45) is 6.22. The van der Waals surface area contributed by atoms with Crippen molar-refractivity contribution < 1.29 is 0 Å². The number of nitrogens with zero attached hydrogens (tertiary/aromatic N) is 1. The maximum absolute atomic E-state index is 2.85. The van der Waals surface area contributed by atoms with Crippen LogP contribution in [0.4, 0.5) is 0 Å². The minimum absolute atomic E-state index is 0.438. The first-order valence-corrected chi connectivity index (χ1v) is 14.4. The molecule has 0 amide bonds. The van der Waals surface area contributed by atoms with Crippen LogP contribution in [0.3, 0.4) is 0 Å². The van der Waals surface area contributed by atoms with E-state index in [1.807, 2.05) is 0 Å². The Bertz CT molecular complexity index is 1130. The van der Waals surface area contributed by atoms with Gasteiger partial charge in [-0.25, -0.2) is 0 Å². The van der Waals surface area contributed by atoms with Crippen LogP contribution < -0.4 is 21.2 Å². The summed E-state index contributed by atoms with van der Waals surface area (Å²) in [5, 5.41) is 5.88. The molecule has 0 aliphatic carbocycles. The molecule has 3 heteroatoms. The van der Waals surface area contributed by atoms with Crippen molar-refractivity contribution >= 4 is 37.2 Å². The van der Waals surface area contributed by atoms with Gasteiger partial charge < -0.3 is 0 Å². The van der Waals surface area contributed by atoms with Crippen molar-refractivity contribution in [3.63, 3.8) is 0 Å². The van der Waals surface area contributed by atoms with E-state index in [1.165, 1.54) is 27.6 Å². The fraction of sp³-hybridized carbons (Fsp3) is 0.133. The Morgan fingerprint density at radius 1 is 0.515 bits per heavy atom. The van der Waals surface area contributed by atoms with Gasteiger partial charge in [0.15, 0.2) is 0 Å². The van der Waals surface area contributed by atoms with Crippen LogP contribution in [0, 0.1) is 0 Å². The molecule has 2 aliphatic rings. The smallest absolute Gasteiger partial charge is 0.0402 e. The van der Waals surface area contributed by atoms with E-state index in [1.54, 1.807) is 0 Å². The van der Waals surface area contributed by atoms with E-state index in [-0.39, 0.29) is 0 Å². The Hall–Kier alpha value is -2.56. The summed E-state index contributed by atoms with van der Waals surface area (Å²) < 4.78 is 2.85. The van der Waals surface area contributed by atoms with Crippen LogP contribution in [0.25, 0.3) is 0 Å². The quantitative estimate of drug-likeness (QED) is 0.268. The topological polar surface area (TPSA) is 3.24 Å². The molecule has 2 bridgehead atoms. The fourth-order valence-electron chi connectivity index (χ4n) is 5.32. The lowest BCUT2D eigenvalue weighted by atomic mass is 10.1. The summed E-state index contributed by atoms with van der Waals surface area (Å²) in [4.78, 5) is 0. The predicted molar refractivity (Wildman–Crippen MR) is 145 cm³/mol. The van der Waals surface area contributed by atoms with Gasteiger partial charge in [0, 0.05) is 25.8 Å². The monoisotopic (exact) mass is 463 g/mol. The van der Waals surface area contributed by atoms with Crippen LogP contribution in [0.5, 0.6) is 0 Å². The summed E-state index contributed by atoms with van der Waals surface area (Å²) in [6.45, 7) is 0. The third-order valence-corrected chi connectivity index (χ3v) is 12.2. The van der Waals surface area contributed by atoms with Gasteiger partial charge in [-0.1, -0.05) is 133 Å². The van der Waals surface area contributed by atoms with Gasteiger partial charge >= 0.3 is 0 Å². The molecule has 3 atom stereocenters. The van der Waals surface area contributed by atoms with Gasteiger partial charge in [0.05, 0.1) is 0 Å². The molecule has 2 aliphatic heterocycles. The first kappa shape index (κ1) is 21.0. The second kappa shape index (κ2) is 9.36. The van der Waals surface area contributed by atoms with Crippen LogP contribution >= 0.6 is 16.0 Å². The first-order valence-electron chi connectivity index (χ1n) is 11.7. The van der Waals surface area contributed by atoms with Crippen molar-refractivity contribution in [1.29, 1.82) is 0 Å². The van der Waals surface area contributed by atoms with Crippen molar-refractivity contribution in [1.82, 2.24) is 4.67 Å². The van der Waals surface area contributed by atoms with Crippen LogP contribution in [0.1, 0.15) is 6.42 Å². The van der Waals surface area contributed by atoms with E-state index in [9.17, 15) is 0 Å². The number of hydrogen-bond donors (Lipinski definition) is 0. The molecule has 1 saturated heterocycles. The van der Waals surface area contributed by atoms with Crippen molar-refractivity contribution in [2.24, 2.45) is 0 Å². The van der Waals surface area contributed by atoms with Gasteiger partial charge in [-0.2, -0.15) is 0 Å². The highest BCUT2D eigenvalue weighted by Gasteiger charge is 2.49. The van der Waals surface area contributed by atoms with Crippen LogP contribution in [0.2, 0.25) is 0 Å². The Morgan fingerprint density at radius 2 is 0.939 bits per heavy atom. The molecule has 33 heavy (non-hydrogen) atoms. The molecule has 0 N–H and O–H groups in total. The van der Waals surface area contributed by atoms with Crippen LogP contribution in [-0.4, -0.2) is 22.4 Å². The normalized spacial score (nSPS) is 21.8. The number of fused-ring (bicyclic) bond motifs is 2. The molecule has 0 unspecified atom stereocenters. The maximum atomic E-state index is 2.85. The van der Waals surface area contributed by atoms with Crippen LogP contribution in [-0.2, 0) is 0 Å². The average Bonchev–Trinajstić information content (AvgIpc) is 3.45. The van der Waals surface area contributed by atoms with Crippen molar-refractivity contribution in [3.05, 3.63) is 133 Å². The zero-order valence-electron chi connectivity index (χ0n) is 18.5. The van der Waals surface area contributed by atoms with Gasteiger partial charge in [-0.3, -0.25) is 4.67 Å². The molecule has 0 spiro atoms. The molecule has 6 rings (SSSR count).